The Morgan fingerprint density at radius 2 is 1.65 bits per heavy atom. The largest absolute Gasteiger partial charge is 0.478 e. The molecule has 2 atom stereocenters. The zero-order chi connectivity index (χ0) is 25.6. The van der Waals surface area contributed by atoms with Crippen molar-refractivity contribution in [1.82, 2.24) is 4.90 Å². The van der Waals surface area contributed by atoms with Gasteiger partial charge in [-0.1, -0.05) is 65.0 Å². The van der Waals surface area contributed by atoms with Crippen molar-refractivity contribution in [3.63, 3.8) is 0 Å². The fourth-order valence-corrected chi connectivity index (χ4v) is 5.32. The second-order valence-corrected chi connectivity index (χ2v) is 10.3. The van der Waals surface area contributed by atoms with Crippen LogP contribution < -0.4 is 0 Å². The van der Waals surface area contributed by atoms with Crippen LogP contribution in [0, 0.1) is 11.3 Å². The molecule has 0 heterocycles. The minimum Gasteiger partial charge on any atom is -0.478 e. The molecule has 1 aliphatic rings. The number of carboxylic acids is 2. The first kappa shape index (κ1) is 29.9. The highest BCUT2D eigenvalue weighted by atomic mass is 16.5. The van der Waals surface area contributed by atoms with Gasteiger partial charge in [-0.2, -0.15) is 0 Å². The summed E-state index contributed by atoms with van der Waals surface area (Å²) < 4.78 is 6.71. The van der Waals surface area contributed by atoms with Crippen LogP contribution >= 0.6 is 0 Å². The third-order valence-corrected chi connectivity index (χ3v) is 6.42. The van der Waals surface area contributed by atoms with Crippen molar-refractivity contribution in [1.29, 1.82) is 0 Å². The number of nitrogens with zero attached hydrogens (tertiary/aromatic N) is 1. The molecule has 0 amide bonds. The third-order valence-electron chi connectivity index (χ3n) is 6.42. The first-order chi connectivity index (χ1) is 16.0. The Balaban J connectivity index is 0.000000620. The summed E-state index contributed by atoms with van der Waals surface area (Å²) in [6.45, 7) is 16.1. The molecule has 0 radical (unpaired) electrons. The van der Waals surface area contributed by atoms with Gasteiger partial charge in [0.25, 0.3) is 0 Å². The van der Waals surface area contributed by atoms with Crippen molar-refractivity contribution in [2.75, 3.05) is 26.2 Å². The second-order valence-electron chi connectivity index (χ2n) is 10.3. The number of carbonyl (C=O) groups is 2. The standard InChI is InChI=1S/C24H41NO.C4H4O4/c1-6-25(7-2)16-11-17-26-24(15-14-22-12-9-8-10-13-22)19-21(3)18-23(4,5)20-24;5-3(6)1-2-4(7)8/h8-10,12-13,21H,6-7,11,14-20H2,1-5H3;1-2H,(H,5,6)(H,7,8)/b;2-1+. The number of hydrogen-bond acceptors (Lipinski definition) is 4. The molecule has 1 fully saturated rings. The molecular formula is C28H45NO5. The molecule has 1 aliphatic carbocycles. The molecule has 1 aromatic rings. The lowest BCUT2D eigenvalue weighted by atomic mass is 9.64. The van der Waals surface area contributed by atoms with Crippen LogP contribution in [0.15, 0.2) is 42.5 Å². The number of rotatable bonds is 12. The van der Waals surface area contributed by atoms with Gasteiger partial charge in [0.05, 0.1) is 5.60 Å². The molecule has 0 spiro atoms. The Bertz CT molecular complexity index is 741. The van der Waals surface area contributed by atoms with Gasteiger partial charge in [-0.05, 0) is 68.5 Å². The van der Waals surface area contributed by atoms with E-state index in [1.165, 1.54) is 24.8 Å². The quantitative estimate of drug-likeness (QED) is 0.299. The molecule has 2 rings (SSSR count). The lowest BCUT2D eigenvalue weighted by Gasteiger charge is -2.48. The van der Waals surface area contributed by atoms with Crippen LogP contribution in [0.1, 0.15) is 72.3 Å². The molecule has 2 unspecified atom stereocenters. The number of benzene rings is 1. The fourth-order valence-electron chi connectivity index (χ4n) is 5.32. The van der Waals surface area contributed by atoms with Crippen molar-refractivity contribution in [3.8, 4) is 0 Å². The predicted octanol–water partition coefficient (Wildman–Crippen LogP) is 5.66. The van der Waals surface area contributed by atoms with Crippen molar-refractivity contribution < 1.29 is 24.5 Å². The molecule has 6 nitrogen and oxygen atoms in total. The van der Waals surface area contributed by atoms with Gasteiger partial charge in [-0.15, -0.1) is 0 Å². The lowest BCUT2D eigenvalue weighted by Crippen LogP contribution is -2.45. The Kier molecular flexibility index (Phi) is 13.1. The lowest BCUT2D eigenvalue weighted by molar-refractivity contribution is -0.134. The van der Waals surface area contributed by atoms with Gasteiger partial charge in [-0.25, -0.2) is 9.59 Å². The second kappa shape index (κ2) is 14.9. The van der Waals surface area contributed by atoms with Crippen LogP contribution in [0.5, 0.6) is 0 Å². The smallest absolute Gasteiger partial charge is 0.328 e. The van der Waals surface area contributed by atoms with Gasteiger partial charge in [0.1, 0.15) is 0 Å². The Morgan fingerprint density at radius 3 is 2.15 bits per heavy atom. The fraction of sp³-hybridized carbons (Fsp3) is 0.643. The molecule has 0 saturated heterocycles. The van der Waals surface area contributed by atoms with E-state index in [0.29, 0.717) is 17.6 Å². The van der Waals surface area contributed by atoms with Crippen LogP contribution in [0.25, 0.3) is 0 Å². The van der Waals surface area contributed by atoms with E-state index in [4.69, 9.17) is 14.9 Å². The summed E-state index contributed by atoms with van der Waals surface area (Å²) in [5.41, 5.74) is 1.88. The average Bonchev–Trinajstić information content (AvgIpc) is 2.76. The van der Waals surface area contributed by atoms with Crippen LogP contribution in [0.2, 0.25) is 0 Å². The number of carboxylic acid groups (broad SMARTS) is 2. The van der Waals surface area contributed by atoms with Gasteiger partial charge < -0.3 is 19.8 Å². The van der Waals surface area contributed by atoms with E-state index in [9.17, 15) is 9.59 Å². The van der Waals surface area contributed by atoms with Gasteiger partial charge >= 0.3 is 11.9 Å². The van der Waals surface area contributed by atoms with Crippen LogP contribution in [-0.2, 0) is 20.7 Å². The number of hydrogen-bond donors (Lipinski definition) is 2. The molecule has 2 N–H and O–H groups in total. The molecule has 0 aliphatic heterocycles. The van der Waals surface area contributed by atoms with E-state index in [2.05, 4.69) is 69.9 Å². The molecule has 6 heteroatoms. The van der Waals surface area contributed by atoms with E-state index in [0.717, 1.165) is 51.4 Å². The minimum atomic E-state index is -1.26. The topological polar surface area (TPSA) is 87.1 Å². The normalized spacial score (nSPS) is 21.8. The highest BCUT2D eigenvalue weighted by molar-refractivity contribution is 5.89. The first-order valence-corrected chi connectivity index (χ1v) is 12.5. The summed E-state index contributed by atoms with van der Waals surface area (Å²) in [6, 6.07) is 10.9. The predicted molar refractivity (Wildman–Crippen MR) is 137 cm³/mol. The first-order valence-electron chi connectivity index (χ1n) is 12.5. The zero-order valence-electron chi connectivity index (χ0n) is 21.8. The minimum absolute atomic E-state index is 0.0558. The van der Waals surface area contributed by atoms with Crippen LogP contribution in [0.4, 0.5) is 0 Å². The highest BCUT2D eigenvalue weighted by Gasteiger charge is 2.43. The van der Waals surface area contributed by atoms with Crippen LogP contribution in [0.3, 0.4) is 0 Å². The van der Waals surface area contributed by atoms with Gasteiger partial charge in [0, 0.05) is 25.3 Å². The van der Waals surface area contributed by atoms with Gasteiger partial charge in [0.2, 0.25) is 0 Å². The summed E-state index contributed by atoms with van der Waals surface area (Å²) in [4.78, 5) is 21.6. The third kappa shape index (κ3) is 12.3. The molecule has 0 aromatic heterocycles. The maximum Gasteiger partial charge on any atom is 0.328 e. The van der Waals surface area contributed by atoms with E-state index in [1.807, 2.05) is 0 Å². The highest BCUT2D eigenvalue weighted by Crippen LogP contribution is 2.47. The van der Waals surface area contributed by atoms with Gasteiger partial charge in [0.15, 0.2) is 0 Å². The Labute approximate surface area is 206 Å². The number of ether oxygens (including phenoxy) is 1. The maximum absolute atomic E-state index is 9.55. The number of aryl methyl sites for hydroxylation is 1. The molecule has 1 saturated carbocycles. The average molecular weight is 476 g/mol. The molecular weight excluding hydrogens is 430 g/mol. The van der Waals surface area contributed by atoms with Crippen molar-refractivity contribution in [2.45, 2.75) is 78.7 Å². The van der Waals surface area contributed by atoms with Crippen molar-refractivity contribution in [2.24, 2.45) is 11.3 Å². The molecule has 192 valence electrons. The molecule has 1 aromatic carbocycles. The SMILES string of the molecule is CCN(CC)CCCOC1(CCc2ccccc2)CC(C)CC(C)(C)C1.O=C(O)/C=C/C(=O)O. The summed E-state index contributed by atoms with van der Waals surface area (Å²) >= 11 is 0. The molecule has 34 heavy (non-hydrogen) atoms. The maximum atomic E-state index is 9.55. The summed E-state index contributed by atoms with van der Waals surface area (Å²) in [7, 11) is 0. The van der Waals surface area contributed by atoms with Crippen LogP contribution in [-0.4, -0.2) is 58.9 Å². The van der Waals surface area contributed by atoms with E-state index in [-0.39, 0.29) is 5.60 Å². The van der Waals surface area contributed by atoms with Gasteiger partial charge in [-0.3, -0.25) is 0 Å². The summed E-state index contributed by atoms with van der Waals surface area (Å²) in [5.74, 6) is -1.77. The Hall–Kier alpha value is -2.18. The van der Waals surface area contributed by atoms with E-state index >= 15 is 0 Å². The molecule has 0 bridgehead atoms. The summed E-state index contributed by atoms with van der Waals surface area (Å²) in [6.07, 6.45) is 8.27. The van der Waals surface area contributed by atoms with Crippen molar-refractivity contribution in [3.05, 3.63) is 48.0 Å². The van der Waals surface area contributed by atoms with E-state index in [1.54, 1.807) is 0 Å². The summed E-state index contributed by atoms with van der Waals surface area (Å²) in [5, 5.41) is 15.6. The number of aliphatic carboxylic acids is 2. The Morgan fingerprint density at radius 1 is 1.06 bits per heavy atom. The monoisotopic (exact) mass is 475 g/mol. The van der Waals surface area contributed by atoms with Crippen molar-refractivity contribution >= 4 is 11.9 Å². The zero-order valence-corrected chi connectivity index (χ0v) is 21.8. The van der Waals surface area contributed by atoms with E-state index < -0.39 is 11.9 Å².